The van der Waals surface area contributed by atoms with E-state index in [0.29, 0.717) is 0 Å². The van der Waals surface area contributed by atoms with Gasteiger partial charge in [0.25, 0.3) is 5.69 Å². The molecule has 0 atom stereocenters. The van der Waals surface area contributed by atoms with Crippen molar-refractivity contribution in [1.82, 2.24) is 9.55 Å². The van der Waals surface area contributed by atoms with Gasteiger partial charge in [0.1, 0.15) is 5.75 Å². The van der Waals surface area contributed by atoms with E-state index < -0.39 is 0 Å². The number of pyridine rings is 1. The Bertz CT molecular complexity index is 1090. The van der Waals surface area contributed by atoms with E-state index in [1.165, 1.54) is 6.07 Å². The fraction of sp³-hybridized carbons (Fsp3) is 0.0556. The van der Waals surface area contributed by atoms with Gasteiger partial charge in [0.05, 0.1) is 28.8 Å². The highest BCUT2D eigenvalue weighted by Gasteiger charge is 2.11. The summed E-state index contributed by atoms with van der Waals surface area (Å²) in [7, 11) is 1.62. The Morgan fingerprint density at radius 2 is 2.00 bits per heavy atom. The van der Waals surface area contributed by atoms with Crippen molar-refractivity contribution in [3.8, 4) is 11.4 Å². The topological polar surface area (TPSA) is 70.2 Å². The normalized spacial score (nSPS) is 11.0. The van der Waals surface area contributed by atoms with Crippen LogP contribution in [0.5, 0.6) is 5.75 Å². The molecule has 0 aliphatic carbocycles. The van der Waals surface area contributed by atoms with Crippen molar-refractivity contribution in [2.75, 3.05) is 7.11 Å². The Balaban J connectivity index is 1.94. The van der Waals surface area contributed by atoms with Crippen LogP contribution in [0.3, 0.4) is 0 Å². The van der Waals surface area contributed by atoms with Crippen LogP contribution in [0.4, 0.5) is 5.69 Å². The van der Waals surface area contributed by atoms with Gasteiger partial charge in [0, 0.05) is 41.4 Å². The van der Waals surface area contributed by atoms with Crippen molar-refractivity contribution in [3.63, 3.8) is 0 Å². The van der Waals surface area contributed by atoms with E-state index in [0.717, 1.165) is 33.2 Å². The molecule has 0 aliphatic heterocycles. The number of ether oxygens (including phenoxy) is 1. The van der Waals surface area contributed by atoms with Crippen LogP contribution < -0.4 is 4.74 Å². The Morgan fingerprint density at radius 3 is 2.79 bits per heavy atom. The number of hydrogen-bond acceptors (Lipinski definition) is 4. The maximum Gasteiger partial charge on any atom is 0.270 e. The average molecular weight is 319 g/mol. The molecule has 4 rings (SSSR count). The van der Waals surface area contributed by atoms with E-state index in [9.17, 15) is 10.1 Å². The van der Waals surface area contributed by atoms with E-state index in [1.54, 1.807) is 25.4 Å². The van der Waals surface area contributed by atoms with Crippen LogP contribution in [0.1, 0.15) is 0 Å². The first-order valence-corrected chi connectivity index (χ1v) is 7.36. The number of fused-ring (bicyclic) bond motifs is 2. The zero-order chi connectivity index (χ0) is 16.7. The quantitative estimate of drug-likeness (QED) is 0.421. The lowest BCUT2D eigenvalue weighted by molar-refractivity contribution is -0.384. The van der Waals surface area contributed by atoms with Crippen LogP contribution in [-0.2, 0) is 0 Å². The third kappa shape index (κ3) is 2.16. The second kappa shape index (κ2) is 5.34. The van der Waals surface area contributed by atoms with Gasteiger partial charge in [-0.2, -0.15) is 0 Å². The van der Waals surface area contributed by atoms with Crippen molar-refractivity contribution in [3.05, 3.63) is 71.0 Å². The molecule has 2 heterocycles. The highest BCUT2D eigenvalue weighted by atomic mass is 16.6. The Kier molecular flexibility index (Phi) is 3.16. The van der Waals surface area contributed by atoms with Crippen molar-refractivity contribution >= 4 is 27.5 Å². The molecule has 0 aliphatic rings. The van der Waals surface area contributed by atoms with Crippen molar-refractivity contribution in [2.45, 2.75) is 0 Å². The molecule has 0 amide bonds. The molecular formula is C18H13N3O3. The van der Waals surface area contributed by atoms with Gasteiger partial charge >= 0.3 is 0 Å². The fourth-order valence-electron chi connectivity index (χ4n) is 2.90. The lowest BCUT2D eigenvalue weighted by Gasteiger charge is -2.10. The number of nitro groups is 1. The van der Waals surface area contributed by atoms with Crippen LogP contribution in [0.15, 0.2) is 60.9 Å². The van der Waals surface area contributed by atoms with Crippen molar-refractivity contribution in [1.29, 1.82) is 0 Å². The standard InChI is InChI=1S/C18H13N3O3/c1-24-14-3-4-15-16(11-14)19-8-6-18(15)20-9-7-12-10-13(21(22)23)2-5-17(12)20/h2-11H,1H3. The maximum atomic E-state index is 10.9. The molecule has 2 aromatic carbocycles. The smallest absolute Gasteiger partial charge is 0.270 e. The number of benzene rings is 2. The molecule has 0 saturated heterocycles. The van der Waals surface area contributed by atoms with E-state index >= 15 is 0 Å². The predicted molar refractivity (Wildman–Crippen MR) is 91.8 cm³/mol. The monoisotopic (exact) mass is 319 g/mol. The lowest BCUT2D eigenvalue weighted by atomic mass is 10.1. The third-order valence-corrected chi connectivity index (χ3v) is 4.07. The van der Waals surface area contributed by atoms with Crippen LogP contribution in [0, 0.1) is 10.1 Å². The van der Waals surface area contributed by atoms with Gasteiger partial charge in [-0.25, -0.2) is 0 Å². The summed E-state index contributed by atoms with van der Waals surface area (Å²) in [5, 5.41) is 12.7. The summed E-state index contributed by atoms with van der Waals surface area (Å²) in [5.74, 6) is 0.750. The molecule has 0 unspecified atom stereocenters. The summed E-state index contributed by atoms with van der Waals surface area (Å²) in [6.07, 6.45) is 3.65. The van der Waals surface area contributed by atoms with E-state index in [1.807, 2.05) is 41.1 Å². The van der Waals surface area contributed by atoms with Crippen LogP contribution in [0.2, 0.25) is 0 Å². The van der Waals surface area contributed by atoms with Gasteiger partial charge in [-0.3, -0.25) is 15.1 Å². The first-order chi connectivity index (χ1) is 11.7. The molecule has 24 heavy (non-hydrogen) atoms. The summed E-state index contributed by atoms with van der Waals surface area (Å²) < 4.78 is 7.26. The molecule has 0 bridgehead atoms. The Morgan fingerprint density at radius 1 is 1.12 bits per heavy atom. The number of non-ortho nitro benzene ring substituents is 1. The molecule has 0 fully saturated rings. The van der Waals surface area contributed by atoms with E-state index in [-0.39, 0.29) is 10.6 Å². The summed E-state index contributed by atoms with van der Waals surface area (Å²) >= 11 is 0. The number of nitro benzene ring substituents is 1. The van der Waals surface area contributed by atoms with E-state index in [2.05, 4.69) is 4.98 Å². The highest BCUT2D eigenvalue weighted by Crippen LogP contribution is 2.29. The van der Waals surface area contributed by atoms with Crippen LogP contribution in [-0.4, -0.2) is 21.6 Å². The van der Waals surface area contributed by atoms with Gasteiger partial charge in [-0.15, -0.1) is 0 Å². The fourth-order valence-corrected chi connectivity index (χ4v) is 2.90. The molecule has 2 aromatic heterocycles. The first kappa shape index (κ1) is 14.2. The second-order valence-electron chi connectivity index (χ2n) is 5.40. The molecule has 0 spiro atoms. The highest BCUT2D eigenvalue weighted by molar-refractivity contribution is 5.92. The second-order valence-corrected chi connectivity index (χ2v) is 5.40. The van der Waals surface area contributed by atoms with Gasteiger partial charge in [0.2, 0.25) is 0 Å². The SMILES string of the molecule is COc1ccc2c(-n3ccc4cc([N+](=O)[O-])ccc43)ccnc2c1. The predicted octanol–water partition coefficient (Wildman–Crippen LogP) is 4.10. The minimum absolute atomic E-state index is 0.0876. The van der Waals surface area contributed by atoms with Crippen molar-refractivity contribution < 1.29 is 9.66 Å². The van der Waals surface area contributed by atoms with Gasteiger partial charge in [-0.1, -0.05) is 0 Å². The Hall–Kier alpha value is -3.41. The summed E-state index contributed by atoms with van der Waals surface area (Å²) in [6, 6.07) is 14.4. The van der Waals surface area contributed by atoms with Crippen LogP contribution in [0.25, 0.3) is 27.5 Å². The summed E-state index contributed by atoms with van der Waals surface area (Å²) in [5.41, 5.74) is 2.79. The largest absolute Gasteiger partial charge is 0.497 e. The first-order valence-electron chi connectivity index (χ1n) is 7.36. The number of nitrogens with zero attached hydrogens (tertiary/aromatic N) is 3. The number of aromatic nitrogens is 2. The number of rotatable bonds is 3. The minimum atomic E-state index is -0.384. The third-order valence-electron chi connectivity index (χ3n) is 4.07. The van der Waals surface area contributed by atoms with Gasteiger partial charge in [-0.05, 0) is 30.3 Å². The van der Waals surface area contributed by atoms with Gasteiger partial charge in [0.15, 0.2) is 0 Å². The molecule has 0 N–H and O–H groups in total. The van der Waals surface area contributed by atoms with Crippen LogP contribution >= 0.6 is 0 Å². The number of methoxy groups -OCH3 is 1. The Labute approximate surface area is 137 Å². The van der Waals surface area contributed by atoms with E-state index in [4.69, 9.17) is 4.74 Å². The molecule has 6 nitrogen and oxygen atoms in total. The molecular weight excluding hydrogens is 306 g/mol. The van der Waals surface area contributed by atoms with Crippen molar-refractivity contribution in [2.24, 2.45) is 0 Å². The maximum absolute atomic E-state index is 10.9. The zero-order valence-corrected chi connectivity index (χ0v) is 12.8. The summed E-state index contributed by atoms with van der Waals surface area (Å²) in [6.45, 7) is 0. The van der Waals surface area contributed by atoms with Gasteiger partial charge < -0.3 is 9.30 Å². The molecule has 4 aromatic rings. The lowest BCUT2D eigenvalue weighted by Crippen LogP contribution is -1.95. The molecule has 0 radical (unpaired) electrons. The summed E-state index contributed by atoms with van der Waals surface area (Å²) in [4.78, 5) is 14.9. The molecule has 6 heteroatoms. The molecule has 118 valence electrons. The zero-order valence-electron chi connectivity index (χ0n) is 12.8. The average Bonchev–Trinajstić information content (AvgIpc) is 3.03. The number of hydrogen-bond donors (Lipinski definition) is 0. The molecule has 0 saturated carbocycles. The minimum Gasteiger partial charge on any atom is -0.497 e.